The number of nitrogens with zero attached hydrogens (tertiary/aromatic N) is 2. The maximum Gasteiger partial charge on any atom is 0.222 e. The van der Waals surface area contributed by atoms with Crippen LogP contribution in [0.15, 0.2) is 24.3 Å². The van der Waals surface area contributed by atoms with Crippen LogP contribution >= 0.6 is 11.3 Å². The number of thiophene rings is 1. The van der Waals surface area contributed by atoms with Crippen LogP contribution in [-0.4, -0.2) is 85.0 Å². The fourth-order valence-corrected chi connectivity index (χ4v) is 10.0. The van der Waals surface area contributed by atoms with Gasteiger partial charge in [0.1, 0.15) is 10.6 Å². The van der Waals surface area contributed by atoms with Gasteiger partial charge in [0, 0.05) is 48.3 Å². The number of ether oxygens (including phenoxy) is 1. The lowest BCUT2D eigenvalue weighted by Gasteiger charge is -2.32. The summed E-state index contributed by atoms with van der Waals surface area (Å²) < 4.78 is 5.41. The summed E-state index contributed by atoms with van der Waals surface area (Å²) in [7, 11) is 0. The summed E-state index contributed by atoms with van der Waals surface area (Å²) >= 11 is 1.78. The first-order valence-corrected chi connectivity index (χ1v) is 18.6. The minimum atomic E-state index is -0.496. The van der Waals surface area contributed by atoms with Gasteiger partial charge < -0.3 is 24.8 Å². The molecule has 0 radical (unpaired) electrons. The van der Waals surface area contributed by atoms with E-state index in [0.29, 0.717) is 49.2 Å². The second kappa shape index (κ2) is 13.2. The van der Waals surface area contributed by atoms with Crippen LogP contribution in [-0.2, 0) is 26.2 Å². The first kappa shape index (κ1) is 32.0. The Morgan fingerprint density at radius 2 is 1.72 bits per heavy atom. The predicted octanol–water partition coefficient (Wildman–Crippen LogP) is 6.25. The number of piperidine rings is 2. The third kappa shape index (κ3) is 6.35. The van der Waals surface area contributed by atoms with Gasteiger partial charge in [-0.25, -0.2) is 0 Å². The monoisotopic (exact) mass is 644 g/mol. The maximum atomic E-state index is 14.0. The van der Waals surface area contributed by atoms with Crippen LogP contribution in [0.3, 0.4) is 0 Å². The lowest BCUT2D eigenvalue weighted by Crippen LogP contribution is -2.41. The average Bonchev–Trinajstić information content (AvgIpc) is 3.83. The number of ketones is 1. The summed E-state index contributed by atoms with van der Waals surface area (Å²) in [4.78, 5) is 37.5. The van der Waals surface area contributed by atoms with E-state index >= 15 is 0 Å². The van der Waals surface area contributed by atoms with Crippen molar-refractivity contribution >= 4 is 33.2 Å². The number of H-pyrrole nitrogens is 1. The fraction of sp³-hybridized carbons (Fsp3) is 0.632. The van der Waals surface area contributed by atoms with Crippen molar-refractivity contribution in [2.75, 3.05) is 52.5 Å². The molecule has 3 unspecified atom stereocenters. The summed E-state index contributed by atoms with van der Waals surface area (Å²) in [5.74, 6) is 2.01. The molecule has 2 N–H and O–H groups in total. The van der Waals surface area contributed by atoms with E-state index in [1.165, 1.54) is 62.3 Å². The smallest absolute Gasteiger partial charge is 0.222 e. The van der Waals surface area contributed by atoms with Gasteiger partial charge in [0.2, 0.25) is 5.91 Å². The molecular formula is C38H52N4O3S. The van der Waals surface area contributed by atoms with Crippen LogP contribution in [0, 0.1) is 31.6 Å². The lowest BCUT2D eigenvalue weighted by atomic mass is 9.76. The number of hydrogen-bond donors (Lipinski definition) is 2. The van der Waals surface area contributed by atoms with E-state index in [2.05, 4.69) is 67.2 Å². The van der Waals surface area contributed by atoms with Crippen LogP contribution in [0.4, 0.5) is 0 Å². The standard InChI is InChI=1S/C38H52N4O3S/c1-24-19-25(2)21-28(20-24)35-29(11-14-41-12-9-26(10-13-41)5-8-33(43)42-15-17-45-18-16-42)30-22-32(46-37(30)40-35)38(3,4)36(44)34-27-6-7-31(34)39-23-27/h19-22,26-27,31,34,39-40H,5-18,23H2,1-4H3. The van der Waals surface area contributed by atoms with Gasteiger partial charge in [0.05, 0.1) is 24.3 Å². The molecule has 4 fully saturated rings. The topological polar surface area (TPSA) is 77.7 Å². The highest BCUT2D eigenvalue weighted by Crippen LogP contribution is 2.45. The van der Waals surface area contributed by atoms with E-state index in [0.717, 1.165) is 58.5 Å². The molecule has 248 valence electrons. The molecule has 7 nitrogen and oxygen atoms in total. The first-order chi connectivity index (χ1) is 22.2. The molecule has 5 heterocycles. The molecule has 1 saturated carbocycles. The molecule has 8 heteroatoms. The van der Waals surface area contributed by atoms with E-state index in [-0.39, 0.29) is 5.92 Å². The third-order valence-electron chi connectivity index (χ3n) is 11.6. The number of benzene rings is 1. The minimum Gasteiger partial charge on any atom is -0.378 e. The van der Waals surface area contributed by atoms with Crippen molar-refractivity contribution < 1.29 is 14.3 Å². The Balaban J connectivity index is 1.06. The predicted molar refractivity (Wildman–Crippen MR) is 187 cm³/mol. The second-order valence-electron chi connectivity index (χ2n) is 15.1. The van der Waals surface area contributed by atoms with E-state index < -0.39 is 5.41 Å². The van der Waals surface area contributed by atoms with E-state index in [4.69, 9.17) is 4.74 Å². The number of morpholine rings is 1. The van der Waals surface area contributed by atoms with Crippen molar-refractivity contribution in [3.63, 3.8) is 0 Å². The number of Topliss-reactive ketones (excluding diaryl/α,β-unsaturated/α-hetero) is 1. The highest BCUT2D eigenvalue weighted by molar-refractivity contribution is 7.19. The number of aromatic nitrogens is 1. The highest BCUT2D eigenvalue weighted by atomic mass is 32.1. The maximum absolute atomic E-state index is 14.0. The zero-order chi connectivity index (χ0) is 32.0. The molecule has 2 bridgehead atoms. The quantitative estimate of drug-likeness (QED) is 0.273. The summed E-state index contributed by atoms with van der Waals surface area (Å²) in [6.07, 6.45) is 7.30. The molecule has 2 aromatic heterocycles. The largest absolute Gasteiger partial charge is 0.378 e. The molecule has 7 rings (SSSR count). The van der Waals surface area contributed by atoms with Crippen molar-refractivity contribution in [3.05, 3.63) is 45.8 Å². The second-order valence-corrected chi connectivity index (χ2v) is 16.2. The Hall–Kier alpha value is -2.52. The zero-order valence-electron chi connectivity index (χ0n) is 28.3. The number of likely N-dealkylation sites (tertiary alicyclic amines) is 1. The van der Waals surface area contributed by atoms with Gasteiger partial charge in [-0.05, 0) is 127 Å². The normalized spacial score (nSPS) is 24.3. The number of carbonyl (C=O) groups is 2. The zero-order valence-corrected chi connectivity index (χ0v) is 29.1. The van der Waals surface area contributed by atoms with Gasteiger partial charge in [0.25, 0.3) is 0 Å². The lowest BCUT2D eigenvalue weighted by molar-refractivity contribution is -0.135. The molecule has 1 aromatic carbocycles. The third-order valence-corrected chi connectivity index (χ3v) is 13.0. The number of rotatable bonds is 10. The number of amides is 1. The molecule has 3 saturated heterocycles. The molecule has 46 heavy (non-hydrogen) atoms. The van der Waals surface area contributed by atoms with Gasteiger partial charge >= 0.3 is 0 Å². The van der Waals surface area contributed by atoms with Crippen molar-refractivity contribution in [2.24, 2.45) is 17.8 Å². The summed E-state index contributed by atoms with van der Waals surface area (Å²) in [5.41, 5.74) is 5.93. The molecule has 3 aliphatic heterocycles. The molecule has 3 atom stereocenters. The van der Waals surface area contributed by atoms with Crippen LogP contribution in [0.5, 0.6) is 0 Å². The molecule has 1 amide bonds. The van der Waals surface area contributed by atoms with E-state index in [1.54, 1.807) is 11.3 Å². The first-order valence-electron chi connectivity index (χ1n) is 17.8. The van der Waals surface area contributed by atoms with Gasteiger partial charge in [-0.2, -0.15) is 0 Å². The number of carbonyl (C=O) groups excluding carboxylic acids is 2. The van der Waals surface area contributed by atoms with Crippen molar-refractivity contribution in [1.29, 1.82) is 0 Å². The molecule has 4 aliphatic rings. The fourth-order valence-electron chi connectivity index (χ4n) is 8.81. The van der Waals surface area contributed by atoms with Crippen molar-refractivity contribution in [2.45, 2.75) is 84.1 Å². The van der Waals surface area contributed by atoms with Gasteiger partial charge in [-0.15, -0.1) is 11.3 Å². The van der Waals surface area contributed by atoms with E-state index in [1.807, 2.05) is 4.90 Å². The SMILES string of the molecule is Cc1cc(C)cc(-c2[nH]c3sc(C(C)(C)C(=O)C4C5CCC4NC5)cc3c2CCN2CCC(CCC(=O)N3CCOCC3)CC2)c1. The van der Waals surface area contributed by atoms with E-state index in [9.17, 15) is 9.59 Å². The van der Waals surface area contributed by atoms with Gasteiger partial charge in [0.15, 0.2) is 0 Å². The van der Waals surface area contributed by atoms with Crippen molar-refractivity contribution in [3.8, 4) is 11.3 Å². The Morgan fingerprint density at radius 3 is 2.37 bits per heavy atom. The minimum absolute atomic E-state index is 0.154. The van der Waals surface area contributed by atoms with Gasteiger partial charge in [-0.3, -0.25) is 9.59 Å². The van der Waals surface area contributed by atoms with Crippen LogP contribution < -0.4 is 5.32 Å². The Bertz CT molecular complexity index is 1540. The number of hydrogen-bond acceptors (Lipinski definition) is 6. The number of nitrogens with one attached hydrogen (secondary N) is 2. The molecular weight excluding hydrogens is 593 g/mol. The Morgan fingerprint density at radius 1 is 0.978 bits per heavy atom. The summed E-state index contributed by atoms with van der Waals surface area (Å²) in [6.45, 7) is 15.7. The molecule has 3 aromatic rings. The van der Waals surface area contributed by atoms with Gasteiger partial charge in [-0.1, -0.05) is 17.2 Å². The number of aromatic amines is 1. The Kier molecular flexibility index (Phi) is 9.18. The van der Waals surface area contributed by atoms with Crippen LogP contribution in [0.1, 0.15) is 73.9 Å². The summed E-state index contributed by atoms with van der Waals surface area (Å²) in [5, 5.41) is 4.89. The molecule has 1 aliphatic carbocycles. The van der Waals surface area contributed by atoms with Crippen molar-refractivity contribution in [1.82, 2.24) is 20.1 Å². The highest BCUT2D eigenvalue weighted by Gasteiger charge is 2.50. The summed E-state index contributed by atoms with van der Waals surface area (Å²) in [6, 6.07) is 9.55. The Labute approximate surface area is 278 Å². The number of aryl methyl sites for hydroxylation is 2. The van der Waals surface area contributed by atoms with Crippen LogP contribution in [0.2, 0.25) is 0 Å². The van der Waals surface area contributed by atoms with Crippen LogP contribution in [0.25, 0.3) is 21.5 Å². The number of fused-ring (bicyclic) bond motifs is 3. The molecule has 0 spiro atoms. The average molecular weight is 645 g/mol.